The number of hydrogen-bond acceptors (Lipinski definition) is 13. The lowest BCUT2D eigenvalue weighted by Crippen LogP contribution is -2.57. The Kier molecular flexibility index (Phi) is 10.7. The van der Waals surface area contributed by atoms with E-state index in [9.17, 15) is 19.7 Å². The standard InChI is InChI=1S/C46H45F2N7O8/c1-5-33-36(47)17-10-27-8-6-9-34(37(27)33)39-38(48)40-35(22-49-39)41(52-23-29-11-12-30(24-52)54(29)43(56)63-45(2,3)4)51-42(50-40)61-26-46-19-7-21-53(46)31(18-20-46)25-60-44(57)62-32-15-13-28(14-16-32)55(58)59/h1,6,8-10,13-17,22,29-31H,7,11-12,18-21,23-26H2,2-4H3/t29?,30?,31-,46?/m0/s1. The normalized spacial score (nSPS) is 21.9. The van der Waals surface area contributed by atoms with Crippen molar-refractivity contribution in [2.24, 2.45) is 0 Å². The number of nitrogens with zero attached hydrogens (tertiary/aromatic N) is 7. The molecule has 0 N–H and O–H groups in total. The van der Waals surface area contributed by atoms with E-state index in [1.54, 1.807) is 24.3 Å². The highest BCUT2D eigenvalue weighted by atomic mass is 19.1. The quantitative estimate of drug-likeness (QED) is 0.0459. The predicted octanol–water partition coefficient (Wildman–Crippen LogP) is 8.19. The summed E-state index contributed by atoms with van der Waals surface area (Å²) in [6.07, 6.45) is 10.6. The molecular weight excluding hydrogens is 817 g/mol. The van der Waals surface area contributed by atoms with E-state index in [-0.39, 0.29) is 71.7 Å². The number of nitro benzene ring substituents is 1. The summed E-state index contributed by atoms with van der Waals surface area (Å²) in [5.74, 6) is 1.60. The third-order valence-electron chi connectivity index (χ3n) is 12.6. The number of amides is 1. The van der Waals surface area contributed by atoms with Gasteiger partial charge in [-0.2, -0.15) is 9.97 Å². The molecule has 63 heavy (non-hydrogen) atoms. The van der Waals surface area contributed by atoms with Crippen molar-refractivity contribution in [3.05, 3.63) is 88.1 Å². The third kappa shape index (κ3) is 7.88. The Bertz CT molecular complexity index is 2670. The van der Waals surface area contributed by atoms with Gasteiger partial charge in [0.2, 0.25) is 0 Å². The Hall–Kier alpha value is -6.67. The van der Waals surface area contributed by atoms with Crippen LogP contribution in [0.1, 0.15) is 64.9 Å². The van der Waals surface area contributed by atoms with Crippen molar-refractivity contribution in [3.8, 4) is 35.4 Å². The second-order valence-electron chi connectivity index (χ2n) is 17.6. The van der Waals surface area contributed by atoms with Crippen molar-refractivity contribution in [3.63, 3.8) is 0 Å². The van der Waals surface area contributed by atoms with Crippen LogP contribution in [0.15, 0.2) is 60.8 Å². The molecule has 9 rings (SSSR count). The highest BCUT2D eigenvalue weighted by Crippen LogP contribution is 2.44. The van der Waals surface area contributed by atoms with Crippen molar-refractivity contribution < 1.29 is 42.2 Å². The number of pyridine rings is 1. The maximum absolute atomic E-state index is 17.3. The van der Waals surface area contributed by atoms with Gasteiger partial charge in [0.1, 0.15) is 47.4 Å². The molecule has 4 fully saturated rings. The number of carbonyl (C=O) groups excluding carboxylic acids is 2. The van der Waals surface area contributed by atoms with Crippen molar-refractivity contribution in [1.82, 2.24) is 24.8 Å². The molecule has 6 heterocycles. The summed E-state index contributed by atoms with van der Waals surface area (Å²) in [5.41, 5.74) is -1.03. The number of piperazine rings is 1. The maximum atomic E-state index is 17.3. The van der Waals surface area contributed by atoms with Gasteiger partial charge < -0.3 is 23.8 Å². The number of anilines is 1. The summed E-state index contributed by atoms with van der Waals surface area (Å²) in [7, 11) is 0. The molecule has 0 radical (unpaired) electrons. The smallest absolute Gasteiger partial charge is 0.461 e. The van der Waals surface area contributed by atoms with E-state index in [4.69, 9.17) is 30.4 Å². The first kappa shape index (κ1) is 41.7. The molecule has 0 spiro atoms. The Morgan fingerprint density at radius 2 is 1.78 bits per heavy atom. The lowest BCUT2D eigenvalue weighted by atomic mass is 9.95. The minimum atomic E-state index is -0.922. The van der Waals surface area contributed by atoms with Gasteiger partial charge in [-0.3, -0.25) is 24.9 Å². The molecule has 2 aromatic heterocycles. The van der Waals surface area contributed by atoms with Gasteiger partial charge in [0.15, 0.2) is 5.82 Å². The Morgan fingerprint density at radius 3 is 2.49 bits per heavy atom. The average molecular weight is 862 g/mol. The third-order valence-corrected chi connectivity index (χ3v) is 12.6. The molecule has 2 bridgehead atoms. The van der Waals surface area contributed by atoms with Crippen molar-refractivity contribution in [1.29, 1.82) is 0 Å². The monoisotopic (exact) mass is 861 g/mol. The minimum Gasteiger partial charge on any atom is -0.461 e. The van der Waals surface area contributed by atoms with E-state index >= 15 is 8.78 Å². The molecule has 326 valence electrons. The summed E-state index contributed by atoms with van der Waals surface area (Å²) in [6.45, 7) is 7.29. The number of rotatable bonds is 9. The van der Waals surface area contributed by atoms with Crippen LogP contribution in [0.2, 0.25) is 0 Å². The summed E-state index contributed by atoms with van der Waals surface area (Å²) in [6, 6.07) is 12.6. The number of benzene rings is 3. The van der Waals surface area contributed by atoms with Crippen molar-refractivity contribution in [2.45, 2.75) is 88.6 Å². The van der Waals surface area contributed by atoms with Crippen LogP contribution >= 0.6 is 0 Å². The summed E-state index contributed by atoms with van der Waals surface area (Å²) in [5, 5.41) is 12.3. The first-order chi connectivity index (χ1) is 30.2. The highest BCUT2D eigenvalue weighted by molar-refractivity contribution is 6.02. The minimum absolute atomic E-state index is 0.00264. The molecule has 0 aliphatic carbocycles. The van der Waals surface area contributed by atoms with Gasteiger partial charge in [-0.25, -0.2) is 18.4 Å². The van der Waals surface area contributed by atoms with Gasteiger partial charge in [-0.1, -0.05) is 30.2 Å². The molecule has 0 saturated carbocycles. The van der Waals surface area contributed by atoms with E-state index in [0.29, 0.717) is 47.1 Å². The highest BCUT2D eigenvalue weighted by Gasteiger charge is 2.50. The van der Waals surface area contributed by atoms with Crippen molar-refractivity contribution >= 4 is 45.4 Å². The van der Waals surface area contributed by atoms with Crippen LogP contribution in [-0.4, -0.2) is 104 Å². The molecule has 4 saturated heterocycles. The fraction of sp³-hybridized carbons (Fsp3) is 0.413. The number of fused-ring (bicyclic) bond motifs is 5. The zero-order valence-electron chi connectivity index (χ0n) is 35.0. The van der Waals surface area contributed by atoms with Crippen LogP contribution in [0.5, 0.6) is 11.8 Å². The van der Waals surface area contributed by atoms with Crippen LogP contribution in [0.25, 0.3) is 32.9 Å². The lowest BCUT2D eigenvalue weighted by Gasteiger charge is -2.42. The Morgan fingerprint density at radius 1 is 1.02 bits per heavy atom. The number of hydrogen-bond donors (Lipinski definition) is 0. The topological polar surface area (TPSA) is 163 Å². The molecule has 3 unspecified atom stereocenters. The molecule has 5 aromatic rings. The fourth-order valence-electron chi connectivity index (χ4n) is 9.81. The number of halogens is 2. The number of non-ortho nitro benzene ring substituents is 1. The van der Waals surface area contributed by atoms with Crippen LogP contribution in [-0.2, 0) is 9.47 Å². The van der Waals surface area contributed by atoms with E-state index in [1.807, 2.05) is 30.6 Å². The summed E-state index contributed by atoms with van der Waals surface area (Å²) >= 11 is 0. The number of aromatic nitrogens is 3. The zero-order chi connectivity index (χ0) is 44.2. The average Bonchev–Trinajstić information content (AvgIpc) is 3.91. The second-order valence-corrected chi connectivity index (χ2v) is 17.6. The first-order valence-electron chi connectivity index (χ1n) is 21.0. The fourth-order valence-corrected chi connectivity index (χ4v) is 9.81. The second kappa shape index (κ2) is 16.2. The van der Waals surface area contributed by atoms with Crippen LogP contribution < -0.4 is 14.4 Å². The largest absolute Gasteiger partial charge is 0.513 e. The van der Waals surface area contributed by atoms with Crippen LogP contribution in [0.4, 0.5) is 29.9 Å². The van der Waals surface area contributed by atoms with Gasteiger partial charge in [0.05, 0.1) is 33.5 Å². The molecule has 17 heteroatoms. The lowest BCUT2D eigenvalue weighted by molar-refractivity contribution is -0.384. The van der Waals surface area contributed by atoms with E-state index < -0.39 is 33.9 Å². The molecular formula is C46H45F2N7O8. The molecule has 4 aliphatic heterocycles. The van der Waals surface area contributed by atoms with Gasteiger partial charge in [-0.05, 0) is 89.4 Å². The molecule has 3 aromatic carbocycles. The molecule has 4 aliphatic rings. The van der Waals surface area contributed by atoms with Gasteiger partial charge >= 0.3 is 18.3 Å². The number of ether oxygens (including phenoxy) is 4. The van der Waals surface area contributed by atoms with Crippen molar-refractivity contribution in [2.75, 3.05) is 37.7 Å². The molecule has 4 atom stereocenters. The molecule has 15 nitrogen and oxygen atoms in total. The predicted molar refractivity (Wildman–Crippen MR) is 227 cm³/mol. The number of carbonyl (C=O) groups is 2. The van der Waals surface area contributed by atoms with Crippen LogP contribution in [0, 0.1) is 34.1 Å². The molecule has 1 amide bonds. The first-order valence-corrected chi connectivity index (χ1v) is 21.0. The SMILES string of the molecule is C#Cc1c(F)ccc2cccc(-c3ncc4c(N5CC6CCC(C5)N6C(=O)OC(C)(C)C)nc(OCC56CCCN5[C@H](COC(=O)Oc5ccc([N+](=O)[O-])cc5)CC6)nc4c3F)c12. The van der Waals surface area contributed by atoms with Gasteiger partial charge in [0.25, 0.3) is 5.69 Å². The number of terminal acetylenes is 1. The summed E-state index contributed by atoms with van der Waals surface area (Å²) < 4.78 is 55.3. The number of nitro groups is 1. The van der Waals surface area contributed by atoms with E-state index in [2.05, 4.69) is 20.8 Å². The summed E-state index contributed by atoms with van der Waals surface area (Å²) in [4.78, 5) is 56.7. The Balaban J connectivity index is 1.01. The van der Waals surface area contributed by atoms with Gasteiger partial charge in [-0.15, -0.1) is 6.42 Å². The Labute approximate surface area is 361 Å². The van der Waals surface area contributed by atoms with Crippen LogP contribution in [0.3, 0.4) is 0 Å². The maximum Gasteiger partial charge on any atom is 0.513 e. The van der Waals surface area contributed by atoms with E-state index in [1.165, 1.54) is 36.5 Å². The van der Waals surface area contributed by atoms with Gasteiger partial charge in [0, 0.05) is 48.4 Å². The zero-order valence-corrected chi connectivity index (χ0v) is 35.0. The van der Waals surface area contributed by atoms with E-state index in [0.717, 1.165) is 38.6 Å².